The number of hydrogen-bond donors (Lipinski definition) is 0. The highest BCUT2D eigenvalue weighted by Gasteiger charge is 2.22. The molecule has 1 aromatic heterocycles. The summed E-state index contributed by atoms with van der Waals surface area (Å²) in [6, 6.07) is 5.83. The predicted molar refractivity (Wildman–Crippen MR) is 113 cm³/mol. The lowest BCUT2D eigenvalue weighted by molar-refractivity contribution is 0.0295. The Labute approximate surface area is 172 Å². The van der Waals surface area contributed by atoms with Crippen molar-refractivity contribution in [2.24, 2.45) is 0 Å². The van der Waals surface area contributed by atoms with Gasteiger partial charge >= 0.3 is 12.1 Å². The van der Waals surface area contributed by atoms with Gasteiger partial charge in [-0.1, -0.05) is 0 Å². The van der Waals surface area contributed by atoms with Crippen LogP contribution in [0, 0.1) is 0 Å². The van der Waals surface area contributed by atoms with Crippen LogP contribution in [0.25, 0.3) is 10.9 Å². The second kappa shape index (κ2) is 8.47. The molecular formula is C23H32N2O4. The molecule has 0 saturated carbocycles. The van der Waals surface area contributed by atoms with Crippen molar-refractivity contribution >= 4 is 23.0 Å². The van der Waals surface area contributed by atoms with Gasteiger partial charge in [0.2, 0.25) is 0 Å². The first kappa shape index (κ1) is 21.2. The van der Waals surface area contributed by atoms with Gasteiger partial charge in [0.15, 0.2) is 0 Å². The molecule has 0 N–H and O–H groups in total. The van der Waals surface area contributed by atoms with E-state index in [1.165, 1.54) is 31.2 Å². The molecule has 0 bridgehead atoms. The van der Waals surface area contributed by atoms with Crippen LogP contribution in [0.2, 0.25) is 0 Å². The van der Waals surface area contributed by atoms with E-state index in [-0.39, 0.29) is 12.1 Å². The van der Waals surface area contributed by atoms with Crippen molar-refractivity contribution in [2.45, 2.75) is 65.0 Å². The fourth-order valence-electron chi connectivity index (χ4n) is 4.03. The van der Waals surface area contributed by atoms with E-state index in [0.717, 1.165) is 36.7 Å². The van der Waals surface area contributed by atoms with E-state index in [1.54, 1.807) is 11.9 Å². The Bertz CT molecular complexity index is 908. The van der Waals surface area contributed by atoms with E-state index in [9.17, 15) is 9.59 Å². The summed E-state index contributed by atoms with van der Waals surface area (Å²) in [6.07, 6.45) is 5.01. The molecule has 1 aliphatic rings. The van der Waals surface area contributed by atoms with Gasteiger partial charge in [0, 0.05) is 36.7 Å². The molecule has 3 rings (SSSR count). The van der Waals surface area contributed by atoms with Gasteiger partial charge in [-0.05, 0) is 76.6 Å². The molecule has 0 fully saturated rings. The summed E-state index contributed by atoms with van der Waals surface area (Å²) >= 11 is 0. The van der Waals surface area contributed by atoms with E-state index >= 15 is 0 Å². The molecule has 6 nitrogen and oxygen atoms in total. The zero-order valence-electron chi connectivity index (χ0n) is 18.2. The molecule has 29 heavy (non-hydrogen) atoms. The van der Waals surface area contributed by atoms with E-state index < -0.39 is 5.60 Å². The maximum Gasteiger partial charge on any atom is 0.410 e. The quantitative estimate of drug-likeness (QED) is 0.690. The largest absolute Gasteiger partial charge is 0.465 e. The maximum absolute atomic E-state index is 12.2. The summed E-state index contributed by atoms with van der Waals surface area (Å²) in [7, 11) is 3.19. The zero-order chi connectivity index (χ0) is 21.2. The van der Waals surface area contributed by atoms with Gasteiger partial charge in [-0.2, -0.15) is 0 Å². The third kappa shape index (κ3) is 4.74. The van der Waals surface area contributed by atoms with Crippen molar-refractivity contribution in [2.75, 3.05) is 20.7 Å². The number of fused-ring (bicyclic) bond motifs is 3. The highest BCUT2D eigenvalue weighted by molar-refractivity contribution is 5.96. The molecule has 0 unspecified atom stereocenters. The Morgan fingerprint density at radius 3 is 2.59 bits per heavy atom. The number of carbonyl (C=O) groups is 2. The third-order valence-corrected chi connectivity index (χ3v) is 5.38. The average molecular weight is 401 g/mol. The number of esters is 1. The number of ether oxygens (including phenoxy) is 2. The maximum atomic E-state index is 12.2. The van der Waals surface area contributed by atoms with Gasteiger partial charge in [0.1, 0.15) is 5.60 Å². The number of hydrogen-bond acceptors (Lipinski definition) is 4. The molecule has 1 heterocycles. The SMILES string of the molecule is COC(=O)c1ccc2c(c1)c1c(n2CCCN(C)C(=O)OC(C)(C)C)CCCC1. The Hall–Kier alpha value is -2.50. The smallest absolute Gasteiger partial charge is 0.410 e. The minimum Gasteiger partial charge on any atom is -0.465 e. The Kier molecular flexibility index (Phi) is 6.20. The van der Waals surface area contributed by atoms with Crippen LogP contribution >= 0.6 is 0 Å². The molecule has 1 aromatic carbocycles. The number of nitrogens with zero attached hydrogens (tertiary/aromatic N) is 2. The number of methoxy groups -OCH3 is 1. The number of rotatable bonds is 5. The van der Waals surface area contributed by atoms with Crippen molar-refractivity contribution < 1.29 is 19.1 Å². The molecule has 1 amide bonds. The van der Waals surface area contributed by atoms with Gasteiger partial charge in [-0.15, -0.1) is 0 Å². The molecule has 158 valence electrons. The van der Waals surface area contributed by atoms with Crippen molar-refractivity contribution in [1.29, 1.82) is 0 Å². The lowest BCUT2D eigenvalue weighted by Crippen LogP contribution is -2.35. The van der Waals surface area contributed by atoms with Crippen LogP contribution in [0.15, 0.2) is 18.2 Å². The number of benzene rings is 1. The van der Waals surface area contributed by atoms with E-state index in [2.05, 4.69) is 4.57 Å². The number of carbonyl (C=O) groups excluding carboxylic acids is 2. The summed E-state index contributed by atoms with van der Waals surface area (Å²) < 4.78 is 12.7. The summed E-state index contributed by atoms with van der Waals surface area (Å²) in [6.45, 7) is 7.08. The first-order valence-corrected chi connectivity index (χ1v) is 10.4. The van der Waals surface area contributed by atoms with Gasteiger partial charge in [0.05, 0.1) is 12.7 Å². The summed E-state index contributed by atoms with van der Waals surface area (Å²) in [5.41, 5.74) is 3.99. The Morgan fingerprint density at radius 2 is 1.90 bits per heavy atom. The zero-order valence-corrected chi connectivity index (χ0v) is 18.2. The number of aromatic nitrogens is 1. The lowest BCUT2D eigenvalue weighted by atomic mass is 9.95. The molecule has 0 radical (unpaired) electrons. The highest BCUT2D eigenvalue weighted by Crippen LogP contribution is 2.33. The molecule has 0 saturated heterocycles. The number of amides is 1. The van der Waals surface area contributed by atoms with Crippen LogP contribution in [0.5, 0.6) is 0 Å². The van der Waals surface area contributed by atoms with Gasteiger partial charge in [0.25, 0.3) is 0 Å². The second-order valence-corrected chi connectivity index (χ2v) is 8.76. The van der Waals surface area contributed by atoms with Crippen molar-refractivity contribution in [1.82, 2.24) is 9.47 Å². The first-order chi connectivity index (χ1) is 13.7. The monoisotopic (exact) mass is 400 g/mol. The van der Waals surface area contributed by atoms with Crippen LogP contribution in [-0.2, 0) is 28.9 Å². The molecule has 0 spiro atoms. The first-order valence-electron chi connectivity index (χ1n) is 10.4. The molecule has 6 heteroatoms. The van der Waals surface area contributed by atoms with Gasteiger partial charge < -0.3 is 18.9 Å². The topological polar surface area (TPSA) is 60.8 Å². The van der Waals surface area contributed by atoms with Crippen LogP contribution in [0.1, 0.15) is 61.6 Å². The van der Waals surface area contributed by atoms with Crippen molar-refractivity contribution in [3.05, 3.63) is 35.0 Å². The van der Waals surface area contributed by atoms with E-state index in [1.807, 2.05) is 39.0 Å². The van der Waals surface area contributed by atoms with Crippen LogP contribution < -0.4 is 0 Å². The summed E-state index contributed by atoms with van der Waals surface area (Å²) in [4.78, 5) is 25.8. The standard InChI is InChI=1S/C23H32N2O4/c1-23(2,3)29-22(27)24(4)13-8-14-25-19-10-7-6-9-17(19)18-15-16(21(26)28-5)11-12-20(18)25/h11-12,15H,6-10,13-14H2,1-5H3. The van der Waals surface area contributed by atoms with Crippen LogP contribution in [0.3, 0.4) is 0 Å². The predicted octanol–water partition coefficient (Wildman–Crippen LogP) is 4.56. The average Bonchev–Trinajstić information content (AvgIpc) is 2.99. The fourth-order valence-corrected chi connectivity index (χ4v) is 4.03. The molecule has 2 aromatic rings. The lowest BCUT2D eigenvalue weighted by Gasteiger charge is -2.25. The normalized spacial score (nSPS) is 13.8. The van der Waals surface area contributed by atoms with Crippen molar-refractivity contribution in [3.63, 3.8) is 0 Å². The molecule has 1 aliphatic carbocycles. The number of aryl methyl sites for hydroxylation is 2. The van der Waals surface area contributed by atoms with E-state index in [0.29, 0.717) is 12.1 Å². The Morgan fingerprint density at radius 1 is 1.17 bits per heavy atom. The van der Waals surface area contributed by atoms with Crippen LogP contribution in [0.4, 0.5) is 4.79 Å². The third-order valence-electron chi connectivity index (χ3n) is 5.38. The van der Waals surface area contributed by atoms with Crippen molar-refractivity contribution in [3.8, 4) is 0 Å². The minimum atomic E-state index is -0.488. The van der Waals surface area contributed by atoms with E-state index in [4.69, 9.17) is 9.47 Å². The summed E-state index contributed by atoms with van der Waals surface area (Å²) in [5.74, 6) is -0.303. The Balaban J connectivity index is 1.79. The van der Waals surface area contributed by atoms with Gasteiger partial charge in [-0.3, -0.25) is 0 Å². The molecule has 0 atom stereocenters. The molecular weight excluding hydrogens is 368 g/mol. The minimum absolute atomic E-state index is 0.292. The molecule has 0 aliphatic heterocycles. The van der Waals surface area contributed by atoms with Crippen LogP contribution in [-0.4, -0.2) is 47.8 Å². The van der Waals surface area contributed by atoms with Gasteiger partial charge in [-0.25, -0.2) is 9.59 Å². The second-order valence-electron chi connectivity index (χ2n) is 8.76. The summed E-state index contributed by atoms with van der Waals surface area (Å²) in [5, 5.41) is 1.16. The fraction of sp³-hybridized carbons (Fsp3) is 0.565. The highest BCUT2D eigenvalue weighted by atomic mass is 16.6.